The first-order chi connectivity index (χ1) is 7.51. The van der Waals surface area contributed by atoms with Crippen molar-refractivity contribution in [2.45, 2.75) is 0 Å². The highest BCUT2D eigenvalue weighted by Crippen LogP contribution is 2.27. The Labute approximate surface area is 106 Å². The second kappa shape index (κ2) is 5.32. The van der Waals surface area contributed by atoms with Crippen LogP contribution in [0.25, 0.3) is 0 Å². The molecule has 1 rings (SSSR count). The lowest BCUT2D eigenvalue weighted by atomic mass is 10.1. The van der Waals surface area contributed by atoms with Crippen molar-refractivity contribution in [1.29, 1.82) is 0 Å². The van der Waals surface area contributed by atoms with Gasteiger partial charge in [-0.3, -0.25) is 0 Å². The van der Waals surface area contributed by atoms with Crippen LogP contribution in [0.2, 0.25) is 5.02 Å². The van der Waals surface area contributed by atoms with Gasteiger partial charge < -0.3 is 9.47 Å². The molecule has 6 heteroatoms. The fourth-order valence-corrected chi connectivity index (χ4v) is 1.61. The molecule has 0 N–H and O–H groups in total. The summed E-state index contributed by atoms with van der Waals surface area (Å²) >= 11 is 8.98. The minimum absolute atomic E-state index is 0.0718. The van der Waals surface area contributed by atoms with Gasteiger partial charge in [0.05, 0.1) is 30.4 Å². The van der Waals surface area contributed by atoms with E-state index in [0.29, 0.717) is 9.50 Å². The van der Waals surface area contributed by atoms with E-state index in [1.807, 2.05) is 0 Å². The number of rotatable bonds is 2. The molecule has 0 aromatic heterocycles. The first-order valence-electron chi connectivity index (χ1n) is 4.17. The molecule has 16 heavy (non-hydrogen) atoms. The lowest BCUT2D eigenvalue weighted by Gasteiger charge is -2.07. The zero-order valence-corrected chi connectivity index (χ0v) is 10.9. The highest BCUT2D eigenvalue weighted by atomic mass is 79.9. The fourth-order valence-electron chi connectivity index (χ4n) is 1.10. The van der Waals surface area contributed by atoms with Crippen molar-refractivity contribution in [3.05, 3.63) is 32.8 Å². The van der Waals surface area contributed by atoms with Crippen LogP contribution in [-0.4, -0.2) is 26.2 Å². The van der Waals surface area contributed by atoms with E-state index >= 15 is 0 Å². The first-order valence-corrected chi connectivity index (χ1v) is 5.34. The standard InChI is InChI=1S/C10H8BrClO4/c1-15-9(13)5-3-7(11)8(12)4-6(5)10(14)16-2/h3-4H,1-2H3. The fraction of sp³-hybridized carbons (Fsp3) is 0.200. The van der Waals surface area contributed by atoms with Crippen molar-refractivity contribution in [1.82, 2.24) is 0 Å². The van der Waals surface area contributed by atoms with E-state index in [4.69, 9.17) is 11.6 Å². The van der Waals surface area contributed by atoms with Crippen molar-refractivity contribution < 1.29 is 19.1 Å². The van der Waals surface area contributed by atoms with Crippen LogP contribution in [0.5, 0.6) is 0 Å². The zero-order chi connectivity index (χ0) is 12.3. The number of esters is 2. The molecule has 0 aliphatic carbocycles. The van der Waals surface area contributed by atoms with Gasteiger partial charge in [0.2, 0.25) is 0 Å². The van der Waals surface area contributed by atoms with Crippen LogP contribution >= 0.6 is 27.5 Å². The molecule has 0 saturated heterocycles. The molecule has 0 atom stereocenters. The Bertz CT molecular complexity index is 404. The predicted octanol–water partition coefficient (Wildman–Crippen LogP) is 2.68. The van der Waals surface area contributed by atoms with Crippen LogP contribution in [0.3, 0.4) is 0 Å². The number of hydrogen-bond donors (Lipinski definition) is 0. The van der Waals surface area contributed by atoms with Gasteiger partial charge in [-0.25, -0.2) is 9.59 Å². The van der Waals surface area contributed by atoms with E-state index in [2.05, 4.69) is 25.4 Å². The molecule has 0 radical (unpaired) electrons. The van der Waals surface area contributed by atoms with Crippen LogP contribution in [0.1, 0.15) is 20.7 Å². The summed E-state index contributed by atoms with van der Waals surface area (Å²) in [5.74, 6) is -1.27. The Hall–Kier alpha value is -1.07. The van der Waals surface area contributed by atoms with Gasteiger partial charge in [0, 0.05) is 4.47 Å². The van der Waals surface area contributed by atoms with Crippen LogP contribution in [0.4, 0.5) is 0 Å². The minimum Gasteiger partial charge on any atom is -0.465 e. The molecule has 1 aromatic rings. The largest absolute Gasteiger partial charge is 0.465 e. The summed E-state index contributed by atoms with van der Waals surface area (Å²) in [5.41, 5.74) is 0.174. The average Bonchev–Trinajstić information content (AvgIpc) is 2.30. The van der Waals surface area contributed by atoms with Crippen molar-refractivity contribution in [2.75, 3.05) is 14.2 Å². The molecule has 4 nitrogen and oxygen atoms in total. The van der Waals surface area contributed by atoms with Gasteiger partial charge in [-0.1, -0.05) is 11.6 Å². The van der Waals surface area contributed by atoms with Gasteiger partial charge >= 0.3 is 11.9 Å². The maximum Gasteiger partial charge on any atom is 0.338 e. The highest BCUT2D eigenvalue weighted by molar-refractivity contribution is 9.10. The third kappa shape index (κ3) is 2.54. The van der Waals surface area contributed by atoms with Crippen molar-refractivity contribution in [3.63, 3.8) is 0 Å². The summed E-state index contributed by atoms with van der Waals surface area (Å²) in [5, 5.41) is 0.313. The summed E-state index contributed by atoms with van der Waals surface area (Å²) in [6, 6.07) is 2.77. The Morgan fingerprint density at radius 1 is 1.12 bits per heavy atom. The first kappa shape index (κ1) is 13.0. The average molecular weight is 308 g/mol. The molecule has 0 saturated carbocycles. The van der Waals surface area contributed by atoms with Crippen molar-refractivity contribution in [2.24, 2.45) is 0 Å². The Morgan fingerprint density at radius 2 is 1.56 bits per heavy atom. The molecule has 0 heterocycles. The summed E-state index contributed by atoms with van der Waals surface area (Å²) in [7, 11) is 2.45. The quantitative estimate of drug-likeness (QED) is 0.788. The molecule has 0 bridgehead atoms. The number of benzene rings is 1. The molecular weight excluding hydrogens is 299 g/mol. The van der Waals surface area contributed by atoms with Gasteiger partial charge in [0.25, 0.3) is 0 Å². The van der Waals surface area contributed by atoms with Crippen LogP contribution in [0, 0.1) is 0 Å². The Kier molecular flexibility index (Phi) is 4.32. The number of carbonyl (C=O) groups is 2. The highest BCUT2D eigenvalue weighted by Gasteiger charge is 2.20. The number of halogens is 2. The SMILES string of the molecule is COC(=O)c1cc(Cl)c(Br)cc1C(=O)OC. The lowest BCUT2D eigenvalue weighted by Crippen LogP contribution is -2.11. The lowest BCUT2D eigenvalue weighted by molar-refractivity contribution is 0.0555. The van der Waals surface area contributed by atoms with Gasteiger partial charge in [-0.2, -0.15) is 0 Å². The van der Waals surface area contributed by atoms with Crippen LogP contribution < -0.4 is 0 Å². The molecule has 1 aromatic carbocycles. The maximum atomic E-state index is 11.4. The summed E-state index contributed by atoms with van der Waals surface area (Å²) in [6.07, 6.45) is 0. The topological polar surface area (TPSA) is 52.6 Å². The Balaban J connectivity index is 3.38. The van der Waals surface area contributed by atoms with Crippen LogP contribution in [-0.2, 0) is 9.47 Å². The van der Waals surface area contributed by atoms with E-state index in [-0.39, 0.29) is 11.1 Å². The minimum atomic E-state index is -0.644. The normalized spacial score (nSPS) is 9.75. The number of ether oxygens (including phenoxy) is 2. The molecular formula is C10H8BrClO4. The molecule has 0 spiro atoms. The molecule has 86 valence electrons. The number of carbonyl (C=O) groups excluding carboxylic acids is 2. The van der Waals surface area contributed by atoms with Gasteiger partial charge in [0.1, 0.15) is 0 Å². The zero-order valence-electron chi connectivity index (χ0n) is 8.54. The second-order valence-corrected chi connectivity index (χ2v) is 4.06. The van der Waals surface area contributed by atoms with E-state index in [1.165, 1.54) is 26.4 Å². The second-order valence-electron chi connectivity index (χ2n) is 2.80. The molecule has 0 aliphatic rings. The van der Waals surface area contributed by atoms with Gasteiger partial charge in [-0.15, -0.1) is 0 Å². The molecule has 0 amide bonds. The van der Waals surface area contributed by atoms with E-state index in [9.17, 15) is 9.59 Å². The molecule has 0 aliphatic heterocycles. The number of methoxy groups -OCH3 is 2. The predicted molar refractivity (Wildman–Crippen MR) is 61.8 cm³/mol. The smallest absolute Gasteiger partial charge is 0.338 e. The molecule has 0 unspecified atom stereocenters. The Morgan fingerprint density at radius 3 is 2.00 bits per heavy atom. The van der Waals surface area contributed by atoms with E-state index < -0.39 is 11.9 Å². The molecule has 0 fully saturated rings. The summed E-state index contributed by atoms with van der Waals surface area (Å²) < 4.78 is 9.60. The van der Waals surface area contributed by atoms with E-state index in [1.54, 1.807) is 0 Å². The van der Waals surface area contributed by atoms with Gasteiger partial charge in [-0.05, 0) is 28.1 Å². The van der Waals surface area contributed by atoms with Crippen molar-refractivity contribution in [3.8, 4) is 0 Å². The number of hydrogen-bond acceptors (Lipinski definition) is 4. The van der Waals surface area contributed by atoms with Crippen LogP contribution in [0.15, 0.2) is 16.6 Å². The van der Waals surface area contributed by atoms with Crippen molar-refractivity contribution >= 4 is 39.5 Å². The van der Waals surface area contributed by atoms with Gasteiger partial charge in [0.15, 0.2) is 0 Å². The summed E-state index contributed by atoms with van der Waals surface area (Å²) in [4.78, 5) is 22.8. The maximum absolute atomic E-state index is 11.4. The third-order valence-corrected chi connectivity index (χ3v) is 3.07. The summed E-state index contributed by atoms with van der Waals surface area (Å²) in [6.45, 7) is 0. The monoisotopic (exact) mass is 306 g/mol. The third-order valence-electron chi connectivity index (χ3n) is 1.87. The van der Waals surface area contributed by atoms with E-state index in [0.717, 1.165) is 0 Å².